The van der Waals surface area contributed by atoms with Crippen LogP contribution in [0.15, 0.2) is 48.2 Å². The van der Waals surface area contributed by atoms with Crippen LogP contribution in [0.1, 0.15) is 15.9 Å². The number of hydrogen-bond acceptors (Lipinski definition) is 5. The highest BCUT2D eigenvalue weighted by atomic mass is 16.5. The van der Waals surface area contributed by atoms with E-state index in [1.165, 1.54) is 33.5 Å². The molecule has 0 aliphatic rings. The van der Waals surface area contributed by atoms with Crippen molar-refractivity contribution >= 4 is 11.9 Å². The quantitative estimate of drug-likeness (QED) is 0.503. The first-order chi connectivity index (χ1) is 11.1. The first-order valence-electron chi connectivity index (χ1n) is 6.91. The van der Waals surface area contributed by atoms with Gasteiger partial charge < -0.3 is 19.3 Å². The van der Waals surface area contributed by atoms with Gasteiger partial charge in [0.25, 0.3) is 0 Å². The standard InChI is InChI=1S/C18H18O5/c1-21-15-10-6-8-13(18(15)23-3)17(20)16(22-2)11-12-7-4-5-9-14(12)19/h4-11,19H,1-3H3. The van der Waals surface area contributed by atoms with E-state index in [9.17, 15) is 9.90 Å². The van der Waals surface area contributed by atoms with Crippen molar-refractivity contribution in [2.24, 2.45) is 0 Å². The van der Waals surface area contributed by atoms with Crippen LogP contribution in [0.2, 0.25) is 0 Å². The number of phenols is 1. The number of benzene rings is 2. The van der Waals surface area contributed by atoms with Crippen molar-refractivity contribution in [3.63, 3.8) is 0 Å². The number of ether oxygens (including phenoxy) is 3. The van der Waals surface area contributed by atoms with Gasteiger partial charge in [-0.05, 0) is 24.3 Å². The Balaban J connectivity index is 2.48. The molecule has 5 heteroatoms. The molecule has 0 amide bonds. The molecule has 0 aromatic heterocycles. The highest BCUT2D eigenvalue weighted by Gasteiger charge is 2.20. The van der Waals surface area contributed by atoms with Crippen LogP contribution in [0, 0.1) is 0 Å². The number of carbonyl (C=O) groups excluding carboxylic acids is 1. The van der Waals surface area contributed by atoms with Crippen molar-refractivity contribution in [3.8, 4) is 17.2 Å². The summed E-state index contributed by atoms with van der Waals surface area (Å²) < 4.78 is 15.7. The predicted molar refractivity (Wildman–Crippen MR) is 87.0 cm³/mol. The molecule has 2 aromatic carbocycles. The molecule has 0 aliphatic carbocycles. The average molecular weight is 314 g/mol. The summed E-state index contributed by atoms with van der Waals surface area (Å²) in [7, 11) is 4.37. The molecule has 0 saturated carbocycles. The van der Waals surface area contributed by atoms with Crippen LogP contribution in [0.4, 0.5) is 0 Å². The number of hydrogen-bond donors (Lipinski definition) is 1. The van der Waals surface area contributed by atoms with Crippen molar-refractivity contribution in [2.75, 3.05) is 21.3 Å². The molecular weight excluding hydrogens is 296 g/mol. The minimum absolute atomic E-state index is 0.0625. The zero-order valence-electron chi connectivity index (χ0n) is 13.2. The Bertz CT molecular complexity index is 734. The van der Waals surface area contributed by atoms with Crippen molar-refractivity contribution in [1.29, 1.82) is 0 Å². The summed E-state index contributed by atoms with van der Waals surface area (Å²) in [5, 5.41) is 9.83. The third-order valence-corrected chi connectivity index (χ3v) is 3.31. The molecule has 0 heterocycles. The van der Waals surface area contributed by atoms with Crippen LogP contribution >= 0.6 is 0 Å². The van der Waals surface area contributed by atoms with E-state index in [1.54, 1.807) is 36.4 Å². The molecule has 5 nitrogen and oxygen atoms in total. The molecule has 0 radical (unpaired) electrons. The van der Waals surface area contributed by atoms with E-state index in [4.69, 9.17) is 14.2 Å². The number of phenolic OH excluding ortho intramolecular Hbond substituents is 1. The summed E-state index contributed by atoms with van der Waals surface area (Å²) in [5.41, 5.74) is 0.801. The van der Waals surface area contributed by atoms with E-state index in [0.717, 1.165) is 0 Å². The molecule has 0 bridgehead atoms. The number of ketones is 1. The first-order valence-corrected chi connectivity index (χ1v) is 6.91. The predicted octanol–water partition coefficient (Wildman–Crippen LogP) is 3.28. The van der Waals surface area contributed by atoms with Crippen LogP contribution in [-0.2, 0) is 4.74 Å². The second-order valence-electron chi connectivity index (χ2n) is 4.64. The van der Waals surface area contributed by atoms with Gasteiger partial charge in [-0.1, -0.05) is 24.3 Å². The number of methoxy groups -OCH3 is 3. The summed E-state index contributed by atoms with van der Waals surface area (Å²) in [6.07, 6.45) is 1.48. The van der Waals surface area contributed by atoms with Gasteiger partial charge in [0.1, 0.15) is 5.75 Å². The number of allylic oxidation sites excluding steroid dienone is 1. The zero-order chi connectivity index (χ0) is 16.8. The molecule has 0 spiro atoms. The van der Waals surface area contributed by atoms with Gasteiger partial charge in [0.2, 0.25) is 5.78 Å². The van der Waals surface area contributed by atoms with E-state index in [1.807, 2.05) is 0 Å². The minimum Gasteiger partial charge on any atom is -0.507 e. The maximum Gasteiger partial charge on any atom is 0.231 e. The Morgan fingerprint density at radius 1 is 1.00 bits per heavy atom. The van der Waals surface area contributed by atoms with Crippen molar-refractivity contribution in [2.45, 2.75) is 0 Å². The minimum atomic E-state index is -0.369. The lowest BCUT2D eigenvalue weighted by Gasteiger charge is -2.13. The van der Waals surface area contributed by atoms with Crippen molar-refractivity contribution in [3.05, 3.63) is 59.4 Å². The SMILES string of the molecule is COC(=Cc1ccccc1O)C(=O)c1cccc(OC)c1OC. The summed E-state index contributed by atoms with van der Waals surface area (Å²) in [5.74, 6) is 0.564. The van der Waals surface area contributed by atoms with E-state index in [0.29, 0.717) is 22.6 Å². The molecule has 120 valence electrons. The topological polar surface area (TPSA) is 65.0 Å². The highest BCUT2D eigenvalue weighted by Crippen LogP contribution is 2.32. The molecule has 0 atom stereocenters. The van der Waals surface area contributed by atoms with Gasteiger partial charge in [-0.3, -0.25) is 4.79 Å². The molecule has 0 aliphatic heterocycles. The molecular formula is C18H18O5. The van der Waals surface area contributed by atoms with Gasteiger partial charge in [-0.2, -0.15) is 0 Å². The Hall–Kier alpha value is -2.95. The van der Waals surface area contributed by atoms with Gasteiger partial charge in [0, 0.05) is 5.56 Å². The van der Waals surface area contributed by atoms with Gasteiger partial charge >= 0.3 is 0 Å². The maximum absolute atomic E-state index is 12.7. The van der Waals surface area contributed by atoms with E-state index in [-0.39, 0.29) is 17.3 Å². The fourth-order valence-electron chi connectivity index (χ4n) is 2.17. The third kappa shape index (κ3) is 3.45. The van der Waals surface area contributed by atoms with Gasteiger partial charge in [0.15, 0.2) is 17.3 Å². The van der Waals surface area contributed by atoms with Crippen molar-refractivity contribution < 1.29 is 24.1 Å². The van der Waals surface area contributed by atoms with E-state index in [2.05, 4.69) is 0 Å². The fourth-order valence-corrected chi connectivity index (χ4v) is 2.17. The molecule has 2 rings (SSSR count). The molecule has 1 N–H and O–H groups in total. The summed E-state index contributed by atoms with van der Waals surface area (Å²) >= 11 is 0. The number of aromatic hydroxyl groups is 1. The Morgan fingerprint density at radius 3 is 2.35 bits per heavy atom. The summed E-state index contributed by atoms with van der Waals surface area (Å²) in [6.45, 7) is 0. The Morgan fingerprint density at radius 2 is 1.74 bits per heavy atom. The molecule has 23 heavy (non-hydrogen) atoms. The fraction of sp³-hybridized carbons (Fsp3) is 0.167. The molecule has 0 fully saturated rings. The van der Waals surface area contributed by atoms with Crippen molar-refractivity contribution in [1.82, 2.24) is 0 Å². The van der Waals surface area contributed by atoms with Crippen LogP contribution in [0.3, 0.4) is 0 Å². The number of carbonyl (C=O) groups is 1. The van der Waals surface area contributed by atoms with E-state index < -0.39 is 0 Å². The van der Waals surface area contributed by atoms with E-state index >= 15 is 0 Å². The largest absolute Gasteiger partial charge is 0.507 e. The second kappa shape index (κ2) is 7.35. The third-order valence-electron chi connectivity index (χ3n) is 3.31. The normalized spacial score (nSPS) is 11.0. The average Bonchev–Trinajstić information content (AvgIpc) is 2.59. The van der Waals surface area contributed by atoms with Gasteiger partial charge in [0.05, 0.1) is 26.9 Å². The molecule has 0 saturated heterocycles. The zero-order valence-corrected chi connectivity index (χ0v) is 13.2. The monoisotopic (exact) mass is 314 g/mol. The summed E-state index contributed by atoms with van der Waals surface area (Å²) in [4.78, 5) is 12.7. The molecule has 0 unspecified atom stereocenters. The lowest BCUT2D eigenvalue weighted by molar-refractivity contribution is 0.0953. The number of rotatable bonds is 6. The van der Waals surface area contributed by atoms with Crippen LogP contribution in [0.5, 0.6) is 17.2 Å². The maximum atomic E-state index is 12.7. The number of para-hydroxylation sites is 2. The highest BCUT2D eigenvalue weighted by molar-refractivity contribution is 6.12. The molecule has 2 aromatic rings. The van der Waals surface area contributed by atoms with Crippen LogP contribution < -0.4 is 9.47 Å². The lowest BCUT2D eigenvalue weighted by Crippen LogP contribution is -2.08. The second-order valence-corrected chi connectivity index (χ2v) is 4.64. The number of Topliss-reactive ketones (excluding diaryl/α,β-unsaturated/α-hetero) is 1. The van der Waals surface area contributed by atoms with Gasteiger partial charge in [-0.25, -0.2) is 0 Å². The van der Waals surface area contributed by atoms with Crippen LogP contribution in [0.25, 0.3) is 6.08 Å². The summed E-state index contributed by atoms with van der Waals surface area (Å²) in [6, 6.07) is 11.7. The lowest BCUT2D eigenvalue weighted by atomic mass is 10.1. The van der Waals surface area contributed by atoms with Gasteiger partial charge in [-0.15, -0.1) is 0 Å². The van der Waals surface area contributed by atoms with Crippen LogP contribution in [-0.4, -0.2) is 32.2 Å². The first kappa shape index (κ1) is 16.4. The Labute approximate surface area is 134 Å². The Kier molecular flexibility index (Phi) is 5.25. The smallest absolute Gasteiger partial charge is 0.231 e.